The van der Waals surface area contributed by atoms with Crippen LogP contribution in [-0.2, 0) is 6.54 Å². The number of rotatable bonds is 7. The fourth-order valence-corrected chi connectivity index (χ4v) is 3.21. The van der Waals surface area contributed by atoms with Crippen molar-refractivity contribution in [2.75, 3.05) is 13.1 Å². The second-order valence-electron chi connectivity index (χ2n) is 6.42. The predicted molar refractivity (Wildman–Crippen MR) is 103 cm³/mol. The first-order valence-corrected chi connectivity index (χ1v) is 9.06. The number of nitrogens with zero attached hydrogens (tertiary/aromatic N) is 2. The lowest BCUT2D eigenvalue weighted by Crippen LogP contribution is -2.25. The molecule has 2 aromatic heterocycles. The van der Waals surface area contributed by atoms with Crippen LogP contribution in [0.15, 0.2) is 51.8 Å². The second-order valence-corrected chi connectivity index (χ2v) is 6.42. The zero-order valence-corrected chi connectivity index (χ0v) is 15.2. The largest absolute Gasteiger partial charge is 0.507 e. The van der Waals surface area contributed by atoms with Crippen LogP contribution in [0.1, 0.15) is 32.3 Å². The Bertz CT molecular complexity index is 929. The van der Waals surface area contributed by atoms with Crippen LogP contribution in [0.25, 0.3) is 22.2 Å². The topological polar surface area (TPSA) is 66.6 Å². The lowest BCUT2D eigenvalue weighted by Gasteiger charge is -2.22. The van der Waals surface area contributed by atoms with Crippen LogP contribution in [0, 0.1) is 0 Å². The molecule has 3 rings (SSSR count). The SMILES string of the molecule is CCCN(CCC)Cc1c(O)ccc2cc(-c3ccccn3)c(=O)oc12. The van der Waals surface area contributed by atoms with Gasteiger partial charge in [0.2, 0.25) is 0 Å². The minimum absolute atomic E-state index is 0.156. The lowest BCUT2D eigenvalue weighted by molar-refractivity contribution is 0.262. The number of phenolic OH excluding ortho intramolecular Hbond substituents is 1. The van der Waals surface area contributed by atoms with Gasteiger partial charge in [-0.3, -0.25) is 9.88 Å². The van der Waals surface area contributed by atoms with Gasteiger partial charge in [0.25, 0.3) is 0 Å². The quantitative estimate of drug-likeness (QED) is 0.646. The van der Waals surface area contributed by atoms with Crippen molar-refractivity contribution in [2.45, 2.75) is 33.2 Å². The Kier molecular flexibility index (Phi) is 5.68. The molecule has 0 aliphatic carbocycles. The Labute approximate surface area is 152 Å². The second kappa shape index (κ2) is 8.15. The van der Waals surface area contributed by atoms with E-state index in [1.807, 2.05) is 6.07 Å². The number of hydrogen-bond acceptors (Lipinski definition) is 5. The van der Waals surface area contributed by atoms with E-state index < -0.39 is 5.63 Å². The van der Waals surface area contributed by atoms with Gasteiger partial charge in [0.05, 0.1) is 16.8 Å². The summed E-state index contributed by atoms with van der Waals surface area (Å²) in [6.07, 6.45) is 3.70. The molecule has 0 amide bonds. The average molecular weight is 352 g/mol. The van der Waals surface area contributed by atoms with Crippen molar-refractivity contribution in [3.63, 3.8) is 0 Å². The summed E-state index contributed by atoms with van der Waals surface area (Å²) in [6, 6.07) is 10.6. The molecule has 0 atom stereocenters. The van der Waals surface area contributed by atoms with Gasteiger partial charge >= 0.3 is 5.63 Å². The molecule has 1 aromatic carbocycles. The van der Waals surface area contributed by atoms with E-state index >= 15 is 0 Å². The Morgan fingerprint density at radius 2 is 1.88 bits per heavy atom. The van der Waals surface area contributed by atoms with Gasteiger partial charge in [-0.1, -0.05) is 19.9 Å². The summed E-state index contributed by atoms with van der Waals surface area (Å²) in [7, 11) is 0. The number of aromatic hydroxyl groups is 1. The van der Waals surface area contributed by atoms with Crippen molar-refractivity contribution in [1.82, 2.24) is 9.88 Å². The zero-order valence-electron chi connectivity index (χ0n) is 15.2. The van der Waals surface area contributed by atoms with Crippen molar-refractivity contribution in [1.29, 1.82) is 0 Å². The van der Waals surface area contributed by atoms with Crippen molar-refractivity contribution < 1.29 is 9.52 Å². The smallest absolute Gasteiger partial charge is 0.345 e. The van der Waals surface area contributed by atoms with E-state index in [4.69, 9.17) is 4.42 Å². The maximum absolute atomic E-state index is 12.5. The van der Waals surface area contributed by atoms with Gasteiger partial charge in [-0.05, 0) is 56.3 Å². The first-order valence-electron chi connectivity index (χ1n) is 9.06. The van der Waals surface area contributed by atoms with Crippen molar-refractivity contribution in [2.24, 2.45) is 0 Å². The fraction of sp³-hybridized carbons (Fsp3) is 0.333. The summed E-state index contributed by atoms with van der Waals surface area (Å²) in [5.74, 6) is 0.156. The molecule has 5 nitrogen and oxygen atoms in total. The predicted octanol–water partition coefficient (Wildman–Crippen LogP) is 4.18. The van der Waals surface area contributed by atoms with Gasteiger partial charge in [0.1, 0.15) is 11.3 Å². The van der Waals surface area contributed by atoms with Crippen LogP contribution in [0.2, 0.25) is 0 Å². The number of pyridine rings is 1. The van der Waals surface area contributed by atoms with E-state index in [2.05, 4.69) is 23.7 Å². The highest BCUT2D eigenvalue weighted by Crippen LogP contribution is 2.29. The molecular formula is C21H24N2O3. The number of fused-ring (bicyclic) bond motifs is 1. The number of benzene rings is 1. The summed E-state index contributed by atoms with van der Waals surface area (Å²) in [5, 5.41) is 11.2. The highest BCUT2D eigenvalue weighted by molar-refractivity contribution is 5.85. The molecule has 136 valence electrons. The minimum Gasteiger partial charge on any atom is -0.507 e. The Hall–Kier alpha value is -2.66. The molecule has 0 aliphatic rings. The minimum atomic E-state index is -0.444. The first-order chi connectivity index (χ1) is 12.6. The maximum atomic E-state index is 12.5. The Morgan fingerprint density at radius 1 is 1.12 bits per heavy atom. The normalized spacial score (nSPS) is 11.3. The van der Waals surface area contributed by atoms with E-state index in [1.165, 1.54) is 0 Å². The third kappa shape index (κ3) is 3.78. The van der Waals surface area contributed by atoms with Crippen molar-refractivity contribution in [3.8, 4) is 17.0 Å². The summed E-state index contributed by atoms with van der Waals surface area (Å²) in [5.41, 5.74) is 1.67. The van der Waals surface area contributed by atoms with Crippen molar-refractivity contribution >= 4 is 11.0 Å². The van der Waals surface area contributed by atoms with Gasteiger partial charge in [-0.15, -0.1) is 0 Å². The highest BCUT2D eigenvalue weighted by atomic mass is 16.4. The molecule has 3 aromatic rings. The van der Waals surface area contributed by atoms with E-state index in [1.54, 1.807) is 36.5 Å². The molecule has 0 fully saturated rings. The fourth-order valence-electron chi connectivity index (χ4n) is 3.21. The monoisotopic (exact) mass is 352 g/mol. The lowest BCUT2D eigenvalue weighted by atomic mass is 10.1. The molecule has 0 radical (unpaired) electrons. The zero-order chi connectivity index (χ0) is 18.5. The maximum Gasteiger partial charge on any atom is 0.345 e. The summed E-state index contributed by atoms with van der Waals surface area (Å²) < 4.78 is 5.63. The summed E-state index contributed by atoms with van der Waals surface area (Å²) in [4.78, 5) is 19.0. The molecule has 0 aliphatic heterocycles. The van der Waals surface area contributed by atoms with E-state index in [-0.39, 0.29) is 5.75 Å². The standard InChI is InChI=1S/C21H24N2O3/c1-3-11-23(12-4-2)14-17-19(24)9-8-15-13-16(21(25)26-20(15)17)18-7-5-6-10-22-18/h5-10,13,24H,3-4,11-12,14H2,1-2H3. The third-order valence-electron chi connectivity index (χ3n) is 4.38. The molecule has 5 heteroatoms. The molecule has 0 saturated heterocycles. The number of phenols is 1. The molecule has 0 spiro atoms. The van der Waals surface area contributed by atoms with Crippen LogP contribution < -0.4 is 5.63 Å². The summed E-state index contributed by atoms with van der Waals surface area (Å²) >= 11 is 0. The van der Waals surface area contributed by atoms with Crippen LogP contribution in [-0.4, -0.2) is 28.1 Å². The van der Waals surface area contributed by atoms with Gasteiger partial charge < -0.3 is 9.52 Å². The molecular weight excluding hydrogens is 328 g/mol. The van der Waals surface area contributed by atoms with E-state index in [0.29, 0.717) is 28.9 Å². The van der Waals surface area contributed by atoms with Gasteiger partial charge in [-0.25, -0.2) is 4.79 Å². The van der Waals surface area contributed by atoms with Crippen molar-refractivity contribution in [3.05, 3.63) is 58.6 Å². The van der Waals surface area contributed by atoms with Crippen LogP contribution >= 0.6 is 0 Å². The van der Waals surface area contributed by atoms with E-state index in [9.17, 15) is 9.90 Å². The van der Waals surface area contributed by atoms with Crippen LogP contribution in [0.3, 0.4) is 0 Å². The van der Waals surface area contributed by atoms with Gasteiger partial charge in [0, 0.05) is 18.1 Å². The molecule has 0 unspecified atom stereocenters. The van der Waals surface area contributed by atoms with Crippen LogP contribution in [0.4, 0.5) is 0 Å². The molecule has 1 N–H and O–H groups in total. The average Bonchev–Trinajstić information content (AvgIpc) is 2.65. The highest BCUT2D eigenvalue weighted by Gasteiger charge is 2.16. The van der Waals surface area contributed by atoms with E-state index in [0.717, 1.165) is 31.3 Å². The molecule has 0 saturated carbocycles. The number of aromatic nitrogens is 1. The Balaban J connectivity index is 2.08. The molecule has 0 bridgehead atoms. The molecule has 2 heterocycles. The van der Waals surface area contributed by atoms with Gasteiger partial charge in [-0.2, -0.15) is 0 Å². The van der Waals surface area contributed by atoms with Crippen LogP contribution in [0.5, 0.6) is 5.75 Å². The third-order valence-corrected chi connectivity index (χ3v) is 4.38. The summed E-state index contributed by atoms with van der Waals surface area (Å²) in [6.45, 7) is 6.67. The molecule has 26 heavy (non-hydrogen) atoms. The first kappa shape index (κ1) is 18.1. The van der Waals surface area contributed by atoms with Gasteiger partial charge in [0.15, 0.2) is 0 Å². The number of hydrogen-bond donors (Lipinski definition) is 1. The Morgan fingerprint density at radius 3 is 2.54 bits per heavy atom.